The Morgan fingerprint density at radius 3 is 2.47 bits per heavy atom. The van der Waals surface area contributed by atoms with Crippen molar-refractivity contribution in [3.8, 4) is 11.1 Å². The van der Waals surface area contributed by atoms with Gasteiger partial charge in [0, 0.05) is 44.0 Å². The molecular formula is C30H33N7O. The number of nitrogens with one attached hydrogen (secondary N) is 2. The fourth-order valence-electron chi connectivity index (χ4n) is 4.97. The van der Waals surface area contributed by atoms with Crippen LogP contribution in [0.4, 0.5) is 23.3 Å². The number of carbonyl (C=O) groups is 1. The zero-order chi connectivity index (χ0) is 26.3. The van der Waals surface area contributed by atoms with Crippen LogP contribution in [0.1, 0.15) is 25.3 Å². The highest BCUT2D eigenvalue weighted by Gasteiger charge is 2.24. The van der Waals surface area contributed by atoms with Crippen LogP contribution in [0.5, 0.6) is 0 Å². The monoisotopic (exact) mass is 507 g/mol. The van der Waals surface area contributed by atoms with Crippen LogP contribution in [-0.2, 0) is 11.3 Å². The molecule has 1 aliphatic rings. The molecule has 8 nitrogen and oxygen atoms in total. The van der Waals surface area contributed by atoms with Crippen molar-refractivity contribution in [2.75, 3.05) is 35.7 Å². The number of hydrogen-bond donors (Lipinski definition) is 2. The first-order valence-electron chi connectivity index (χ1n) is 13.0. The SMILES string of the molecule is CC(=O)Nc1cccc(Nc2ncnc(N3CCC(N(C)Cc4ccccc4-c4ccccc4)CC3)n2)c1. The average Bonchev–Trinajstić information content (AvgIpc) is 2.94. The topological polar surface area (TPSA) is 86.3 Å². The van der Waals surface area contributed by atoms with Gasteiger partial charge in [0.1, 0.15) is 6.33 Å². The smallest absolute Gasteiger partial charge is 0.231 e. The third kappa shape index (κ3) is 6.33. The standard InChI is InChI=1S/C30H33N7O/c1-22(38)33-25-12-8-13-26(19-25)34-29-31-21-32-30(35-29)37-17-15-27(16-18-37)36(2)20-24-11-6-7-14-28(24)23-9-4-3-5-10-23/h3-14,19,21,27H,15-18,20H2,1-2H3,(H,33,38)(H,31,32,34,35). The molecule has 0 spiro atoms. The van der Waals surface area contributed by atoms with Crippen molar-refractivity contribution < 1.29 is 4.79 Å². The molecule has 2 heterocycles. The van der Waals surface area contributed by atoms with Gasteiger partial charge in [-0.3, -0.25) is 9.69 Å². The molecule has 2 N–H and O–H groups in total. The Morgan fingerprint density at radius 2 is 1.68 bits per heavy atom. The molecule has 0 unspecified atom stereocenters. The van der Waals surface area contributed by atoms with Crippen LogP contribution in [-0.4, -0.2) is 51.9 Å². The Bertz CT molecular complexity index is 1370. The van der Waals surface area contributed by atoms with Crippen molar-refractivity contribution in [3.63, 3.8) is 0 Å². The Morgan fingerprint density at radius 1 is 0.947 bits per heavy atom. The van der Waals surface area contributed by atoms with E-state index >= 15 is 0 Å². The minimum atomic E-state index is -0.112. The molecule has 0 radical (unpaired) electrons. The Hall–Kier alpha value is -4.30. The third-order valence-electron chi connectivity index (χ3n) is 6.89. The molecule has 1 saturated heterocycles. The third-order valence-corrected chi connectivity index (χ3v) is 6.89. The molecule has 194 valence electrons. The number of carbonyl (C=O) groups excluding carboxylic acids is 1. The molecule has 3 aromatic carbocycles. The highest BCUT2D eigenvalue weighted by atomic mass is 16.1. The second-order valence-corrected chi connectivity index (χ2v) is 9.65. The molecule has 38 heavy (non-hydrogen) atoms. The zero-order valence-electron chi connectivity index (χ0n) is 21.8. The van der Waals surface area contributed by atoms with Crippen molar-refractivity contribution in [1.82, 2.24) is 19.9 Å². The van der Waals surface area contributed by atoms with Gasteiger partial charge in [0.15, 0.2) is 0 Å². The first kappa shape index (κ1) is 25.4. The van der Waals surface area contributed by atoms with E-state index in [0.29, 0.717) is 17.9 Å². The van der Waals surface area contributed by atoms with Crippen molar-refractivity contribution in [1.29, 1.82) is 0 Å². The van der Waals surface area contributed by atoms with Gasteiger partial charge in [-0.25, -0.2) is 9.97 Å². The van der Waals surface area contributed by atoms with Gasteiger partial charge in [-0.15, -0.1) is 0 Å². The first-order valence-corrected chi connectivity index (χ1v) is 13.0. The minimum Gasteiger partial charge on any atom is -0.341 e. The van der Waals surface area contributed by atoms with Gasteiger partial charge in [-0.05, 0) is 54.8 Å². The van der Waals surface area contributed by atoms with Gasteiger partial charge in [-0.2, -0.15) is 4.98 Å². The molecule has 0 atom stereocenters. The van der Waals surface area contributed by atoms with Crippen LogP contribution in [0.25, 0.3) is 11.1 Å². The predicted octanol–water partition coefficient (Wildman–Crippen LogP) is 5.34. The van der Waals surface area contributed by atoms with E-state index in [4.69, 9.17) is 0 Å². The lowest BCUT2D eigenvalue weighted by molar-refractivity contribution is -0.114. The molecule has 0 saturated carbocycles. The molecule has 1 fully saturated rings. The fraction of sp³-hybridized carbons (Fsp3) is 0.267. The van der Waals surface area contributed by atoms with Crippen molar-refractivity contribution >= 4 is 29.2 Å². The lowest BCUT2D eigenvalue weighted by atomic mass is 9.98. The molecule has 0 bridgehead atoms. The van der Waals surface area contributed by atoms with Crippen LogP contribution in [0.2, 0.25) is 0 Å². The quantitative estimate of drug-likeness (QED) is 0.333. The largest absolute Gasteiger partial charge is 0.341 e. The Balaban J connectivity index is 1.19. The number of nitrogens with zero attached hydrogens (tertiary/aromatic N) is 5. The Kier molecular flexibility index (Phi) is 7.89. The number of rotatable bonds is 8. The first-order chi connectivity index (χ1) is 18.5. The van der Waals surface area contributed by atoms with Crippen LogP contribution in [0, 0.1) is 0 Å². The summed E-state index contributed by atoms with van der Waals surface area (Å²) in [5.41, 5.74) is 5.41. The van der Waals surface area contributed by atoms with Gasteiger partial charge < -0.3 is 15.5 Å². The van der Waals surface area contributed by atoms with Gasteiger partial charge in [-0.1, -0.05) is 60.7 Å². The summed E-state index contributed by atoms with van der Waals surface area (Å²) in [5.74, 6) is 1.04. The number of aromatic nitrogens is 3. The summed E-state index contributed by atoms with van der Waals surface area (Å²) < 4.78 is 0. The molecular weight excluding hydrogens is 474 g/mol. The lowest BCUT2D eigenvalue weighted by Gasteiger charge is -2.37. The van der Waals surface area contributed by atoms with Crippen molar-refractivity contribution in [3.05, 3.63) is 90.8 Å². The summed E-state index contributed by atoms with van der Waals surface area (Å²) in [7, 11) is 2.22. The molecule has 1 aliphatic heterocycles. The number of piperidine rings is 1. The maximum absolute atomic E-state index is 11.4. The molecule has 1 amide bonds. The number of amides is 1. The summed E-state index contributed by atoms with van der Waals surface area (Å²) in [6.45, 7) is 4.17. The summed E-state index contributed by atoms with van der Waals surface area (Å²) in [6.07, 6.45) is 3.62. The number of hydrogen-bond acceptors (Lipinski definition) is 7. The normalized spacial score (nSPS) is 13.9. The zero-order valence-corrected chi connectivity index (χ0v) is 21.8. The van der Waals surface area contributed by atoms with E-state index in [-0.39, 0.29) is 5.91 Å². The van der Waals surface area contributed by atoms with Crippen molar-refractivity contribution in [2.45, 2.75) is 32.4 Å². The van der Waals surface area contributed by atoms with E-state index in [1.165, 1.54) is 23.6 Å². The van der Waals surface area contributed by atoms with Crippen LogP contribution in [0.15, 0.2) is 85.2 Å². The van der Waals surface area contributed by atoms with Crippen LogP contribution >= 0.6 is 0 Å². The van der Waals surface area contributed by atoms with E-state index in [1.807, 2.05) is 24.3 Å². The second kappa shape index (κ2) is 11.8. The van der Waals surface area contributed by atoms with E-state index in [2.05, 4.69) is 97.0 Å². The Labute approximate surface area is 223 Å². The second-order valence-electron chi connectivity index (χ2n) is 9.65. The van der Waals surface area contributed by atoms with Crippen LogP contribution in [0.3, 0.4) is 0 Å². The highest BCUT2D eigenvalue weighted by molar-refractivity contribution is 5.89. The lowest BCUT2D eigenvalue weighted by Crippen LogP contribution is -2.43. The molecule has 4 aromatic rings. The number of anilines is 4. The average molecular weight is 508 g/mol. The van der Waals surface area contributed by atoms with Gasteiger partial charge >= 0.3 is 0 Å². The summed E-state index contributed by atoms with van der Waals surface area (Å²) in [5, 5.41) is 6.01. The molecule has 1 aromatic heterocycles. The molecule has 8 heteroatoms. The summed E-state index contributed by atoms with van der Waals surface area (Å²) in [4.78, 5) is 29.4. The fourth-order valence-corrected chi connectivity index (χ4v) is 4.97. The minimum absolute atomic E-state index is 0.112. The molecule has 0 aliphatic carbocycles. The van der Waals surface area contributed by atoms with Gasteiger partial charge in [0.2, 0.25) is 17.8 Å². The van der Waals surface area contributed by atoms with E-state index in [0.717, 1.165) is 43.9 Å². The van der Waals surface area contributed by atoms with E-state index < -0.39 is 0 Å². The van der Waals surface area contributed by atoms with Gasteiger partial charge in [0.25, 0.3) is 0 Å². The maximum atomic E-state index is 11.4. The highest BCUT2D eigenvalue weighted by Crippen LogP contribution is 2.27. The van der Waals surface area contributed by atoms with Crippen LogP contribution < -0.4 is 15.5 Å². The van der Waals surface area contributed by atoms with Crippen molar-refractivity contribution in [2.24, 2.45) is 0 Å². The van der Waals surface area contributed by atoms with E-state index in [9.17, 15) is 4.79 Å². The summed E-state index contributed by atoms with van der Waals surface area (Å²) in [6, 6.07) is 27.2. The number of benzene rings is 3. The van der Waals surface area contributed by atoms with Gasteiger partial charge in [0.05, 0.1) is 0 Å². The van der Waals surface area contributed by atoms with E-state index in [1.54, 1.807) is 6.33 Å². The maximum Gasteiger partial charge on any atom is 0.231 e. The predicted molar refractivity (Wildman–Crippen MR) is 152 cm³/mol. The summed E-state index contributed by atoms with van der Waals surface area (Å²) >= 11 is 0. The molecule has 5 rings (SSSR count).